The van der Waals surface area contributed by atoms with Crippen molar-refractivity contribution in [3.63, 3.8) is 0 Å². The largest absolute Gasteiger partial charge is 0.416 e. The standard InChI is InChI=1S/C16H18F6N2O/c1-10(23(2)14(25)24-5-3-4-6-24)11-7-12(15(17,18)19)9-13(8-11)16(20,21)22/h7-10H,3-6H2,1-2H3/t10-/m0/s1. The van der Waals surface area contributed by atoms with Crippen molar-refractivity contribution in [1.29, 1.82) is 0 Å². The molecule has 2 rings (SSSR count). The van der Waals surface area contributed by atoms with Crippen molar-refractivity contribution in [3.8, 4) is 0 Å². The Labute approximate surface area is 141 Å². The van der Waals surface area contributed by atoms with Crippen LogP contribution in [0.4, 0.5) is 31.1 Å². The normalized spacial score (nSPS) is 16.9. The quantitative estimate of drug-likeness (QED) is 0.679. The van der Waals surface area contributed by atoms with Gasteiger partial charge in [0.05, 0.1) is 17.2 Å². The maximum absolute atomic E-state index is 12.9. The minimum atomic E-state index is -4.91. The maximum Gasteiger partial charge on any atom is 0.416 e. The van der Waals surface area contributed by atoms with Gasteiger partial charge in [-0.15, -0.1) is 0 Å². The van der Waals surface area contributed by atoms with Crippen molar-refractivity contribution in [2.75, 3.05) is 20.1 Å². The van der Waals surface area contributed by atoms with Crippen LogP contribution >= 0.6 is 0 Å². The fraction of sp³-hybridized carbons (Fsp3) is 0.562. The lowest BCUT2D eigenvalue weighted by Crippen LogP contribution is -2.40. The Kier molecular flexibility index (Phi) is 5.24. The van der Waals surface area contributed by atoms with Gasteiger partial charge in [0.15, 0.2) is 0 Å². The third-order valence-electron chi connectivity index (χ3n) is 4.35. The van der Waals surface area contributed by atoms with Crippen molar-refractivity contribution in [1.82, 2.24) is 9.80 Å². The van der Waals surface area contributed by atoms with Gasteiger partial charge < -0.3 is 9.80 Å². The van der Waals surface area contributed by atoms with E-state index in [0.717, 1.165) is 12.8 Å². The smallest absolute Gasteiger partial charge is 0.325 e. The van der Waals surface area contributed by atoms with Gasteiger partial charge in [-0.05, 0) is 43.5 Å². The van der Waals surface area contributed by atoms with Gasteiger partial charge >= 0.3 is 18.4 Å². The number of alkyl halides is 6. The first-order valence-electron chi connectivity index (χ1n) is 7.72. The van der Waals surface area contributed by atoms with Crippen LogP contribution in [0.1, 0.15) is 42.5 Å². The fourth-order valence-corrected chi connectivity index (χ4v) is 2.74. The molecule has 3 nitrogen and oxygen atoms in total. The van der Waals surface area contributed by atoms with Crippen molar-refractivity contribution in [3.05, 3.63) is 34.9 Å². The summed E-state index contributed by atoms with van der Waals surface area (Å²) in [5.41, 5.74) is -2.98. The molecule has 0 N–H and O–H groups in total. The maximum atomic E-state index is 12.9. The lowest BCUT2D eigenvalue weighted by molar-refractivity contribution is -0.143. The van der Waals surface area contributed by atoms with Crippen LogP contribution in [0.5, 0.6) is 0 Å². The van der Waals surface area contributed by atoms with Crippen molar-refractivity contribution >= 4 is 6.03 Å². The molecule has 1 aliphatic rings. The highest BCUT2D eigenvalue weighted by Gasteiger charge is 2.38. The van der Waals surface area contributed by atoms with Gasteiger partial charge in [-0.3, -0.25) is 0 Å². The average molecular weight is 368 g/mol. The molecule has 1 fully saturated rings. The minimum Gasteiger partial charge on any atom is -0.325 e. The Balaban J connectivity index is 2.37. The number of likely N-dealkylation sites (tertiary alicyclic amines) is 1. The first-order chi connectivity index (χ1) is 11.4. The Morgan fingerprint density at radius 3 is 1.84 bits per heavy atom. The van der Waals surface area contributed by atoms with Gasteiger partial charge in [-0.2, -0.15) is 26.3 Å². The molecule has 0 aliphatic carbocycles. The Morgan fingerprint density at radius 2 is 1.44 bits per heavy atom. The summed E-state index contributed by atoms with van der Waals surface area (Å²) in [5, 5.41) is 0. The van der Waals surface area contributed by atoms with Crippen LogP contribution in [0.25, 0.3) is 0 Å². The van der Waals surface area contributed by atoms with E-state index in [1.807, 2.05) is 0 Å². The van der Waals surface area contributed by atoms with Gasteiger partial charge in [0.2, 0.25) is 0 Å². The third kappa shape index (κ3) is 4.38. The summed E-state index contributed by atoms with van der Waals surface area (Å²) in [7, 11) is 1.37. The van der Waals surface area contributed by atoms with Gasteiger partial charge in [0.1, 0.15) is 0 Å². The molecule has 2 amide bonds. The summed E-state index contributed by atoms with van der Waals surface area (Å²) in [4.78, 5) is 15.0. The number of carbonyl (C=O) groups is 1. The van der Waals surface area contributed by atoms with Crippen LogP contribution in [-0.4, -0.2) is 36.0 Å². The van der Waals surface area contributed by atoms with E-state index >= 15 is 0 Å². The van der Waals surface area contributed by atoms with E-state index in [-0.39, 0.29) is 11.6 Å². The number of benzene rings is 1. The Hall–Kier alpha value is -1.93. The zero-order valence-corrected chi connectivity index (χ0v) is 13.7. The second-order valence-corrected chi connectivity index (χ2v) is 6.10. The van der Waals surface area contributed by atoms with Crippen LogP contribution in [-0.2, 0) is 12.4 Å². The van der Waals surface area contributed by atoms with Gasteiger partial charge in [0, 0.05) is 20.1 Å². The van der Waals surface area contributed by atoms with Crippen LogP contribution in [0, 0.1) is 0 Å². The number of halogens is 6. The van der Waals surface area contributed by atoms with Crippen molar-refractivity contribution < 1.29 is 31.1 Å². The highest BCUT2D eigenvalue weighted by molar-refractivity contribution is 5.75. The van der Waals surface area contributed by atoms with E-state index in [1.54, 1.807) is 0 Å². The van der Waals surface area contributed by atoms with Crippen molar-refractivity contribution in [2.45, 2.75) is 38.2 Å². The third-order valence-corrected chi connectivity index (χ3v) is 4.35. The lowest BCUT2D eigenvalue weighted by atomic mass is 10.00. The van der Waals surface area contributed by atoms with E-state index in [1.165, 1.54) is 23.8 Å². The summed E-state index contributed by atoms with van der Waals surface area (Å²) in [5.74, 6) is 0. The number of nitrogens with zero attached hydrogens (tertiary/aromatic N) is 2. The first kappa shape index (κ1) is 19.4. The number of amides is 2. The lowest BCUT2D eigenvalue weighted by Gasteiger charge is -2.30. The summed E-state index contributed by atoms with van der Waals surface area (Å²) in [6.45, 7) is 2.47. The molecule has 1 aromatic rings. The van der Waals surface area contributed by atoms with Gasteiger partial charge in [0.25, 0.3) is 0 Å². The minimum absolute atomic E-state index is 0.0819. The molecular weight excluding hydrogens is 350 g/mol. The predicted molar refractivity (Wildman–Crippen MR) is 78.8 cm³/mol. The molecule has 1 heterocycles. The Morgan fingerprint density at radius 1 is 1.00 bits per heavy atom. The summed E-state index contributed by atoms with van der Waals surface area (Å²) < 4.78 is 77.7. The molecule has 0 aromatic heterocycles. The summed E-state index contributed by atoms with van der Waals surface area (Å²) >= 11 is 0. The second kappa shape index (κ2) is 6.76. The SMILES string of the molecule is C[C@@H](c1cc(C(F)(F)F)cc(C(F)(F)F)c1)N(C)C(=O)N1CCCC1. The summed E-state index contributed by atoms with van der Waals surface area (Å²) in [6.07, 6.45) is -8.16. The first-order valence-corrected chi connectivity index (χ1v) is 7.72. The molecule has 25 heavy (non-hydrogen) atoms. The molecule has 0 saturated carbocycles. The monoisotopic (exact) mass is 368 g/mol. The molecule has 140 valence electrons. The highest BCUT2D eigenvalue weighted by atomic mass is 19.4. The van der Waals surface area contributed by atoms with Crippen LogP contribution < -0.4 is 0 Å². The average Bonchev–Trinajstić information content (AvgIpc) is 3.05. The van der Waals surface area contributed by atoms with E-state index in [0.29, 0.717) is 25.2 Å². The number of hydrogen-bond acceptors (Lipinski definition) is 1. The molecule has 9 heteroatoms. The van der Waals surface area contributed by atoms with E-state index in [9.17, 15) is 31.1 Å². The fourth-order valence-electron chi connectivity index (χ4n) is 2.74. The molecule has 0 bridgehead atoms. The van der Waals surface area contributed by atoms with Crippen LogP contribution in [0.15, 0.2) is 18.2 Å². The van der Waals surface area contributed by atoms with Crippen LogP contribution in [0.3, 0.4) is 0 Å². The molecular formula is C16H18F6N2O. The van der Waals surface area contributed by atoms with E-state index < -0.39 is 35.6 Å². The molecule has 1 atom stereocenters. The zero-order chi connectivity index (χ0) is 19.0. The zero-order valence-electron chi connectivity index (χ0n) is 13.7. The van der Waals surface area contributed by atoms with E-state index in [2.05, 4.69) is 0 Å². The number of carbonyl (C=O) groups excluding carboxylic acids is 1. The molecule has 1 aromatic carbocycles. The van der Waals surface area contributed by atoms with E-state index in [4.69, 9.17) is 0 Å². The highest BCUT2D eigenvalue weighted by Crippen LogP contribution is 2.38. The molecule has 0 spiro atoms. The number of hydrogen-bond donors (Lipinski definition) is 0. The molecule has 0 unspecified atom stereocenters. The van der Waals surface area contributed by atoms with Gasteiger partial charge in [-0.1, -0.05) is 0 Å². The predicted octanol–water partition coefficient (Wildman–Crippen LogP) is 4.93. The molecule has 0 radical (unpaired) electrons. The topological polar surface area (TPSA) is 23.6 Å². The van der Waals surface area contributed by atoms with Gasteiger partial charge in [-0.25, -0.2) is 4.79 Å². The van der Waals surface area contributed by atoms with Crippen LogP contribution in [0.2, 0.25) is 0 Å². The number of rotatable bonds is 2. The Bertz CT molecular complexity index is 602. The molecule has 1 aliphatic heterocycles. The number of urea groups is 1. The van der Waals surface area contributed by atoms with Crippen molar-refractivity contribution in [2.24, 2.45) is 0 Å². The summed E-state index contributed by atoms with van der Waals surface area (Å²) in [6, 6.07) is 0.0623. The molecule has 1 saturated heterocycles. The second-order valence-electron chi connectivity index (χ2n) is 6.10.